The molecular weight excluding hydrogens is 749 g/mol. The summed E-state index contributed by atoms with van der Waals surface area (Å²) in [6, 6.07) is 0. The number of aliphatic hydroxyl groups is 5. The van der Waals surface area contributed by atoms with Crippen molar-refractivity contribution in [1.82, 2.24) is 0 Å². The number of methoxy groups -OCH3 is 2. The molecule has 0 fully saturated rings. The van der Waals surface area contributed by atoms with Gasteiger partial charge in [0.05, 0.1) is 24.4 Å². The van der Waals surface area contributed by atoms with Gasteiger partial charge in [-0.1, -0.05) is 20.4 Å². The van der Waals surface area contributed by atoms with E-state index in [1.165, 1.54) is 24.6 Å². The number of hydrogen-bond donors (Lipinski definition) is 12. The van der Waals surface area contributed by atoms with Crippen molar-refractivity contribution < 1.29 is 35.0 Å². The lowest BCUT2D eigenvalue weighted by Gasteiger charge is -1.76. The van der Waals surface area contributed by atoms with Crippen LogP contribution in [0.15, 0.2) is 12.0 Å². The van der Waals surface area contributed by atoms with Crippen molar-refractivity contribution in [3.05, 3.63) is 12.0 Å². The second kappa shape index (κ2) is 198. The molecule has 0 heterocycles. The lowest BCUT2D eigenvalue weighted by molar-refractivity contribution is 0.0325. The van der Waals surface area contributed by atoms with E-state index >= 15 is 0 Å². The van der Waals surface area contributed by atoms with Crippen LogP contribution in [0.2, 0.25) is 0 Å². The molecule has 0 aliphatic heterocycles. The molecule has 0 aromatic rings. The van der Waals surface area contributed by atoms with Gasteiger partial charge in [0.2, 0.25) is 0 Å². The van der Waals surface area contributed by atoms with E-state index in [0.717, 1.165) is 5.75 Å². The normalized spacial score (nSPS) is 6.58. The van der Waals surface area contributed by atoms with Gasteiger partial charge in [-0.3, -0.25) is 0 Å². The fourth-order valence-electron chi connectivity index (χ4n) is 0. The van der Waals surface area contributed by atoms with Crippen LogP contribution in [0.3, 0.4) is 0 Å². The first-order chi connectivity index (χ1) is 20.1. The predicted molar refractivity (Wildman–Crippen MR) is 235 cm³/mol. The highest BCUT2D eigenvalue weighted by molar-refractivity contribution is 8.01. The summed E-state index contributed by atoms with van der Waals surface area (Å²) < 4.78 is 8.50. The Kier molecular flexibility index (Phi) is 394. The summed E-state index contributed by atoms with van der Waals surface area (Å²) in [6.07, 6.45) is 11.7. The van der Waals surface area contributed by atoms with Crippen molar-refractivity contribution in [2.24, 2.45) is 11.5 Å². The summed E-state index contributed by atoms with van der Waals surface area (Å²) in [4.78, 5) is 0. The van der Waals surface area contributed by atoms with Crippen LogP contribution in [0.1, 0.15) is 20.8 Å². The molecule has 0 rings (SSSR count). The Morgan fingerprint density at radius 2 is 0.930 bits per heavy atom. The van der Waals surface area contributed by atoms with Gasteiger partial charge in [0.15, 0.2) is 0 Å². The molecule has 0 aliphatic rings. The molecule has 9 N–H and O–H groups in total. The lowest BCUT2D eigenvalue weighted by atomic mass is 10.7. The molecule has 0 bridgehead atoms. The Morgan fingerprint density at radius 1 is 0.767 bits per heavy atom. The molecule has 0 saturated carbocycles. The van der Waals surface area contributed by atoms with Crippen molar-refractivity contribution in [3.63, 3.8) is 0 Å². The largest absolute Gasteiger partial charge is 0.397 e. The maximum Gasteiger partial charge on any atom is 0.143 e. The van der Waals surface area contributed by atoms with Crippen LogP contribution in [0, 0.1) is 0 Å². The summed E-state index contributed by atoms with van der Waals surface area (Å²) >= 11 is 24.7. The third kappa shape index (κ3) is 845. The maximum absolute atomic E-state index is 7.84. The number of rotatable bonds is 7. The monoisotopic (exact) mass is 822 g/mol. The Bertz CT molecular complexity index is 188. The second-order valence-corrected chi connectivity index (χ2v) is 9.67. The number of hydrogen-bond acceptors (Lipinski definition) is 18. The van der Waals surface area contributed by atoms with E-state index in [0.29, 0.717) is 24.8 Å². The van der Waals surface area contributed by atoms with Crippen LogP contribution in [-0.4, -0.2) is 145 Å². The number of nitrogens with two attached hydrogens (primary N) is 2. The molecule has 0 radical (unpaired) electrons. The zero-order valence-electron chi connectivity index (χ0n) is 28.6. The highest BCUT2D eigenvalue weighted by atomic mass is 32.2. The molecule has 0 aromatic heterocycles. The minimum atomic E-state index is -0.181. The van der Waals surface area contributed by atoms with E-state index in [-0.39, 0.29) is 45.4 Å². The Morgan fingerprint density at radius 3 is 0.930 bits per heavy atom. The van der Waals surface area contributed by atoms with E-state index in [9.17, 15) is 0 Å². The quantitative estimate of drug-likeness (QED) is 0.128. The molecule has 0 aliphatic carbocycles. The first kappa shape index (κ1) is 85.5. The molecule has 0 aromatic carbocycles. The van der Waals surface area contributed by atoms with Crippen molar-refractivity contribution in [2.75, 3.05) is 120 Å². The topological polar surface area (TPSA) is 172 Å². The van der Waals surface area contributed by atoms with E-state index in [2.05, 4.69) is 92.4 Å². The molecule has 19 heteroatoms. The van der Waals surface area contributed by atoms with Gasteiger partial charge in [0.1, 0.15) is 6.79 Å². The van der Waals surface area contributed by atoms with Gasteiger partial charge in [-0.05, 0) is 61.4 Å². The van der Waals surface area contributed by atoms with Gasteiger partial charge < -0.3 is 46.5 Å². The maximum atomic E-state index is 7.84. The van der Waals surface area contributed by atoms with Crippen LogP contribution in [0.25, 0.3) is 0 Å². The van der Waals surface area contributed by atoms with Crippen LogP contribution in [-0.2, 0) is 9.47 Å². The zero-order valence-corrected chi connectivity index (χ0v) is 37.4. The lowest BCUT2D eigenvalue weighted by Crippen LogP contribution is -2.11. The number of thiol groups is 5. The van der Waals surface area contributed by atoms with E-state index < -0.39 is 0 Å². The Hall–Kier alpha value is 2.88. The first-order valence-electron chi connectivity index (χ1n) is 11.9. The molecular formula is C24H74N2O7S10. The van der Waals surface area contributed by atoms with Gasteiger partial charge in [0.25, 0.3) is 0 Å². The van der Waals surface area contributed by atoms with Gasteiger partial charge in [-0.2, -0.15) is 100 Å². The summed E-state index contributed by atoms with van der Waals surface area (Å²) in [5.74, 6) is 3.44. The minimum Gasteiger partial charge on any atom is -0.397 e. The van der Waals surface area contributed by atoms with E-state index in [4.69, 9.17) is 37.0 Å². The average Bonchev–Trinajstić information content (AvgIpc) is 3.04. The Labute approximate surface area is 320 Å². The fraction of sp³-hybridized carbons (Fsp3) is 0.917. The second-order valence-electron chi connectivity index (χ2n) is 4.44. The summed E-state index contributed by atoms with van der Waals surface area (Å²) in [7, 11) is 3.03. The first-order valence-corrected chi connectivity index (χ1v) is 21.0. The Balaban J connectivity index is -0.0000000208. The smallest absolute Gasteiger partial charge is 0.143 e. The van der Waals surface area contributed by atoms with Crippen LogP contribution in [0.5, 0.6) is 0 Å². The van der Waals surface area contributed by atoms with Gasteiger partial charge in [-0.25, -0.2) is 0 Å². The molecule has 9 nitrogen and oxygen atoms in total. The molecule has 0 amide bonds. The molecule has 0 spiro atoms. The molecule has 0 unspecified atom stereocenters. The van der Waals surface area contributed by atoms with E-state index in [1.54, 1.807) is 49.2 Å². The summed E-state index contributed by atoms with van der Waals surface area (Å²) in [6.45, 7) is 10.7. The molecule has 43 heavy (non-hydrogen) atoms. The molecule has 282 valence electrons. The predicted octanol–water partition coefficient (Wildman–Crippen LogP) is 4.52. The van der Waals surface area contributed by atoms with Crippen molar-refractivity contribution in [1.29, 1.82) is 0 Å². The summed E-state index contributed by atoms with van der Waals surface area (Å²) in [5, 5.41) is 40.1. The fourth-order valence-corrected chi connectivity index (χ4v) is 0. The van der Waals surface area contributed by atoms with Crippen LogP contribution < -0.4 is 11.5 Å². The third-order valence-corrected chi connectivity index (χ3v) is 2.74. The third-order valence-electron chi connectivity index (χ3n) is 1.11. The van der Waals surface area contributed by atoms with Crippen LogP contribution in [0.4, 0.5) is 0 Å². The summed E-state index contributed by atoms with van der Waals surface area (Å²) in [5.41, 5.74) is 9.81. The van der Waals surface area contributed by atoms with Gasteiger partial charge in [-0.15, -0.1) is 23.5 Å². The van der Waals surface area contributed by atoms with Crippen molar-refractivity contribution >= 4 is 124 Å². The van der Waals surface area contributed by atoms with Crippen molar-refractivity contribution in [2.45, 2.75) is 20.8 Å². The highest BCUT2D eigenvalue weighted by Crippen LogP contribution is 1.85. The van der Waals surface area contributed by atoms with Crippen molar-refractivity contribution in [3.8, 4) is 0 Å². The number of thioether (sulfide) groups is 4. The van der Waals surface area contributed by atoms with Gasteiger partial charge in [0, 0.05) is 39.7 Å². The van der Waals surface area contributed by atoms with Crippen LogP contribution >= 0.6 is 124 Å². The number of ether oxygens (including phenoxy) is 2. The van der Waals surface area contributed by atoms with Gasteiger partial charge >= 0.3 is 0 Å². The standard InChI is InChI=1S/C3H8S.C3H6S.C2H8N2.C2H6O2.3C2H6OS.C2H6O.2C2H6S.CH4OS.CH4S.H2S/c2*1-3-4-2;3-1-2-4;2*1-4-2-3;1-3-2-4;3-1-2-4;1-2-3;1-3-2;1-2-3;2-1-3;1-2;/h3H2,1-2H3;3H,1H2,2H3;1-4H2;2*3H,2H2,1H3;4H,2H2,1H3;3-4H,1-2H2;3H,2H2,1H3;1-2H3;3H,2H2,1H3;2-3H,1H2;2H,1H3;1H2. The number of aliphatic hydroxyl groups excluding tert-OH is 5. The van der Waals surface area contributed by atoms with E-state index in [1.807, 2.05) is 43.7 Å². The highest BCUT2D eigenvalue weighted by Gasteiger charge is 1.58. The average molecular weight is 824 g/mol. The SMILES string of the molecule is C=CSC.CCO.CCS.CCSC.COCO.COCS.CS.CSC.CSCO.NCCN.OCCS.OCS.S. The molecule has 0 saturated heterocycles. The zero-order chi connectivity index (χ0) is 36.7. The molecule has 0 atom stereocenters. The minimum absolute atomic E-state index is 0.